The number of carbonyl (C=O) groups is 1. The Morgan fingerprint density at radius 1 is 1.52 bits per heavy atom. The van der Waals surface area contributed by atoms with E-state index in [1.165, 1.54) is 11.9 Å². The average molecular weight is 410 g/mol. The summed E-state index contributed by atoms with van der Waals surface area (Å²) >= 11 is 0. The lowest BCUT2D eigenvalue weighted by Crippen LogP contribution is -2.71. The van der Waals surface area contributed by atoms with E-state index in [2.05, 4.69) is 15.3 Å². The fourth-order valence-corrected chi connectivity index (χ4v) is 3.78. The van der Waals surface area contributed by atoms with Crippen molar-refractivity contribution in [3.8, 4) is 6.07 Å². The van der Waals surface area contributed by atoms with E-state index in [1.54, 1.807) is 14.0 Å². The molecule has 29 heavy (non-hydrogen) atoms. The highest BCUT2D eigenvalue weighted by atomic mass is 16.5. The van der Waals surface area contributed by atoms with Gasteiger partial charge in [-0.3, -0.25) is 14.7 Å². The van der Waals surface area contributed by atoms with Crippen molar-refractivity contribution in [3.05, 3.63) is 16.0 Å². The van der Waals surface area contributed by atoms with Crippen LogP contribution in [0.15, 0.2) is 4.79 Å². The quantitative estimate of drug-likeness (QED) is 0.232. The highest BCUT2D eigenvalue weighted by Crippen LogP contribution is 2.36. The second-order valence-electron chi connectivity index (χ2n) is 7.07. The van der Waals surface area contributed by atoms with Crippen molar-refractivity contribution in [2.75, 3.05) is 30.9 Å². The van der Waals surface area contributed by atoms with Gasteiger partial charge >= 0.3 is 17.4 Å². The predicted molar refractivity (Wildman–Crippen MR) is 101 cm³/mol. The summed E-state index contributed by atoms with van der Waals surface area (Å²) in [4.78, 5) is 32.7. The molecule has 2 atom stereocenters. The molecule has 2 unspecified atom stereocenters. The molecule has 160 valence electrons. The molecule has 0 bridgehead atoms. The number of nitrogens with zero attached hydrogens (tertiary/aromatic N) is 4. The maximum absolute atomic E-state index is 12.3. The molecule has 1 amide bonds. The number of nitriles is 1. The monoisotopic (exact) mass is 410 g/mol. The van der Waals surface area contributed by atoms with Crippen molar-refractivity contribution in [2.45, 2.75) is 44.4 Å². The van der Waals surface area contributed by atoms with Crippen LogP contribution in [0.3, 0.4) is 0 Å². The van der Waals surface area contributed by atoms with Crippen LogP contribution in [0.1, 0.15) is 25.8 Å². The van der Waals surface area contributed by atoms with Gasteiger partial charge in [-0.15, -0.1) is 0 Å². The third kappa shape index (κ3) is 3.90. The first kappa shape index (κ1) is 22.6. The molecular formula is C17H26N6O6. The number of likely N-dealkylation sites (tertiary alicyclic amines) is 1. The van der Waals surface area contributed by atoms with Gasteiger partial charge in [-0.2, -0.15) is 10.2 Å². The zero-order chi connectivity index (χ0) is 22.1. The van der Waals surface area contributed by atoms with Gasteiger partial charge in [-0.05, 0) is 18.8 Å². The highest BCUT2D eigenvalue weighted by Gasteiger charge is 2.55. The van der Waals surface area contributed by atoms with Crippen molar-refractivity contribution in [1.29, 1.82) is 5.26 Å². The summed E-state index contributed by atoms with van der Waals surface area (Å²) in [7, 11) is 3.11. The van der Waals surface area contributed by atoms with Crippen LogP contribution >= 0.6 is 0 Å². The smallest absolute Gasteiger partial charge is 0.348 e. The molecule has 1 aromatic heterocycles. The van der Waals surface area contributed by atoms with Gasteiger partial charge in [-0.1, -0.05) is 13.8 Å². The number of amides is 1. The SMILES string of the molecule is CCc1c(N(C)C2C(C)CCN(C(=O)C(O)(O)C#N)C2(O)O)nc(=O)[nH]c1NC. The van der Waals surface area contributed by atoms with E-state index in [4.69, 9.17) is 5.26 Å². The molecule has 1 saturated heterocycles. The highest BCUT2D eigenvalue weighted by molar-refractivity contribution is 5.86. The van der Waals surface area contributed by atoms with Gasteiger partial charge in [-0.25, -0.2) is 4.79 Å². The normalized spacial score (nSPS) is 21.4. The number of aliphatic hydroxyl groups is 4. The second kappa shape index (κ2) is 7.96. The fraction of sp³-hybridized carbons (Fsp3) is 0.647. The van der Waals surface area contributed by atoms with Crippen LogP contribution in [0.25, 0.3) is 0 Å². The molecule has 0 aliphatic carbocycles. The van der Waals surface area contributed by atoms with Crippen molar-refractivity contribution in [3.63, 3.8) is 0 Å². The van der Waals surface area contributed by atoms with Gasteiger partial charge in [0.05, 0.1) is 0 Å². The molecule has 12 nitrogen and oxygen atoms in total. The number of likely N-dealkylation sites (N-methyl/N-ethyl adjacent to an activating group) is 1. The second-order valence-corrected chi connectivity index (χ2v) is 7.07. The summed E-state index contributed by atoms with van der Waals surface area (Å²) in [6.07, 6.45) is 0.729. The van der Waals surface area contributed by atoms with Crippen LogP contribution in [0.2, 0.25) is 0 Å². The van der Waals surface area contributed by atoms with E-state index in [0.717, 1.165) is 6.07 Å². The summed E-state index contributed by atoms with van der Waals surface area (Å²) in [5.74, 6) is -7.62. The minimum atomic E-state index is -3.41. The van der Waals surface area contributed by atoms with Crippen LogP contribution in [-0.4, -0.2) is 79.6 Å². The van der Waals surface area contributed by atoms with E-state index < -0.39 is 35.3 Å². The third-order valence-electron chi connectivity index (χ3n) is 5.21. The topological polar surface area (TPSA) is 186 Å². The summed E-state index contributed by atoms with van der Waals surface area (Å²) in [6, 6.07) is -0.160. The number of carbonyl (C=O) groups excluding carboxylic acids is 1. The van der Waals surface area contributed by atoms with E-state index in [1.807, 2.05) is 6.92 Å². The molecule has 2 rings (SSSR count). The number of H-pyrrole nitrogens is 1. The molecule has 1 aliphatic rings. The Balaban J connectivity index is 2.55. The molecule has 6 N–H and O–H groups in total. The van der Waals surface area contributed by atoms with Crippen molar-refractivity contribution >= 4 is 17.5 Å². The molecule has 0 radical (unpaired) electrons. The molecule has 1 fully saturated rings. The van der Waals surface area contributed by atoms with E-state index in [0.29, 0.717) is 22.7 Å². The largest absolute Gasteiger partial charge is 0.374 e. The molecule has 0 saturated carbocycles. The number of aromatic amines is 1. The lowest BCUT2D eigenvalue weighted by Gasteiger charge is -2.51. The molecular weight excluding hydrogens is 384 g/mol. The third-order valence-corrected chi connectivity index (χ3v) is 5.21. The van der Waals surface area contributed by atoms with Crippen molar-refractivity contribution in [1.82, 2.24) is 14.9 Å². The lowest BCUT2D eigenvalue weighted by molar-refractivity contribution is -0.296. The first-order chi connectivity index (χ1) is 13.4. The minimum absolute atomic E-state index is 0.179. The van der Waals surface area contributed by atoms with Crippen molar-refractivity contribution < 1.29 is 25.2 Å². The van der Waals surface area contributed by atoms with Gasteiger partial charge < -0.3 is 30.6 Å². The number of piperidine rings is 1. The Hall–Kier alpha value is -2.72. The number of aromatic nitrogens is 2. The van der Waals surface area contributed by atoms with Gasteiger partial charge in [0, 0.05) is 26.2 Å². The molecule has 12 heteroatoms. The molecule has 2 heterocycles. The Bertz CT molecular complexity index is 876. The van der Waals surface area contributed by atoms with Gasteiger partial charge in [0.1, 0.15) is 23.7 Å². The number of hydrogen-bond donors (Lipinski definition) is 6. The standard InChI is InChI=1S/C17H26N6O6/c1-5-10-12(19-3)20-15(25)21-13(10)22(4)11-9(2)6-7-23(17(11,28)29)14(24)16(26,27)8-18/h9,11,26-29H,5-7H2,1-4H3,(H2,19,20,21,25). The Morgan fingerprint density at radius 3 is 2.66 bits per heavy atom. The Morgan fingerprint density at radius 2 is 2.14 bits per heavy atom. The number of hydrogen-bond acceptors (Lipinski definition) is 10. The summed E-state index contributed by atoms with van der Waals surface area (Å²) in [5.41, 5.74) is -0.0442. The van der Waals surface area contributed by atoms with Crippen LogP contribution < -0.4 is 15.9 Å². The minimum Gasteiger partial charge on any atom is -0.374 e. The zero-order valence-corrected chi connectivity index (χ0v) is 16.7. The average Bonchev–Trinajstić information content (AvgIpc) is 2.65. The number of anilines is 2. The maximum Gasteiger partial charge on any atom is 0.348 e. The Labute approximate surface area is 167 Å². The maximum atomic E-state index is 12.3. The first-order valence-corrected chi connectivity index (χ1v) is 9.08. The van der Waals surface area contributed by atoms with Crippen LogP contribution in [0.5, 0.6) is 0 Å². The first-order valence-electron chi connectivity index (χ1n) is 9.08. The fourth-order valence-electron chi connectivity index (χ4n) is 3.78. The Kier molecular flexibility index (Phi) is 6.19. The van der Waals surface area contributed by atoms with E-state index >= 15 is 0 Å². The van der Waals surface area contributed by atoms with Crippen LogP contribution in [-0.2, 0) is 11.2 Å². The number of nitrogens with one attached hydrogen (secondary N) is 2. The van der Waals surface area contributed by atoms with Gasteiger partial charge in [0.2, 0.25) is 0 Å². The molecule has 1 aromatic rings. The summed E-state index contributed by atoms with van der Waals surface area (Å²) in [5, 5.41) is 52.5. The van der Waals surface area contributed by atoms with Gasteiger partial charge in [0.25, 0.3) is 5.91 Å². The van der Waals surface area contributed by atoms with E-state index in [9.17, 15) is 30.0 Å². The van der Waals surface area contributed by atoms with Crippen LogP contribution in [0, 0.1) is 17.2 Å². The summed E-state index contributed by atoms with van der Waals surface area (Å²) < 4.78 is 0. The predicted octanol–water partition coefficient (Wildman–Crippen LogP) is -2.11. The van der Waals surface area contributed by atoms with Crippen molar-refractivity contribution in [2.24, 2.45) is 5.92 Å². The van der Waals surface area contributed by atoms with Gasteiger partial charge in [0.15, 0.2) is 0 Å². The molecule has 1 aliphatic heterocycles. The number of rotatable bonds is 5. The van der Waals surface area contributed by atoms with E-state index in [-0.39, 0.29) is 18.8 Å². The molecule has 0 aromatic carbocycles. The molecule has 0 spiro atoms. The van der Waals surface area contributed by atoms with Crippen LogP contribution in [0.4, 0.5) is 11.6 Å². The summed E-state index contributed by atoms with van der Waals surface area (Å²) in [6.45, 7) is 3.34. The zero-order valence-electron chi connectivity index (χ0n) is 16.7. The lowest BCUT2D eigenvalue weighted by atomic mass is 9.88.